The summed E-state index contributed by atoms with van der Waals surface area (Å²) in [5, 5.41) is 14.0. The third-order valence-corrected chi connectivity index (χ3v) is 3.85. The van der Waals surface area contributed by atoms with E-state index in [2.05, 4.69) is 5.10 Å². The van der Waals surface area contributed by atoms with Gasteiger partial charge in [-0.2, -0.15) is 5.10 Å². The number of hydrogen-bond acceptors (Lipinski definition) is 4. The van der Waals surface area contributed by atoms with E-state index in [9.17, 15) is 14.7 Å². The highest BCUT2D eigenvalue weighted by molar-refractivity contribution is 6.30. The first-order valence-corrected chi connectivity index (χ1v) is 7.36. The van der Waals surface area contributed by atoms with Crippen LogP contribution in [0.4, 0.5) is 0 Å². The largest absolute Gasteiger partial charge is 0.480 e. The van der Waals surface area contributed by atoms with Crippen LogP contribution in [0.15, 0.2) is 36.7 Å². The van der Waals surface area contributed by atoms with Crippen molar-refractivity contribution in [2.24, 2.45) is 0 Å². The van der Waals surface area contributed by atoms with Gasteiger partial charge in [0.1, 0.15) is 0 Å². The molecule has 0 aliphatic carbocycles. The van der Waals surface area contributed by atoms with Crippen LogP contribution < -0.4 is 0 Å². The molecule has 7 nitrogen and oxygen atoms in total. The van der Waals surface area contributed by atoms with E-state index in [0.717, 1.165) is 5.69 Å². The zero-order valence-electron chi connectivity index (χ0n) is 12.1. The lowest BCUT2D eigenvalue weighted by Gasteiger charge is -2.32. The first-order valence-electron chi connectivity index (χ1n) is 6.98. The highest BCUT2D eigenvalue weighted by Gasteiger charge is 2.33. The molecule has 1 fully saturated rings. The number of nitrogens with zero attached hydrogens (tertiary/aromatic N) is 3. The van der Waals surface area contributed by atoms with Gasteiger partial charge in [-0.05, 0) is 24.3 Å². The predicted molar refractivity (Wildman–Crippen MR) is 81.9 cm³/mol. The smallest absolute Gasteiger partial charge is 0.328 e. The van der Waals surface area contributed by atoms with Gasteiger partial charge in [-0.1, -0.05) is 11.6 Å². The average molecular weight is 336 g/mol. The van der Waals surface area contributed by atoms with Crippen LogP contribution in [0.25, 0.3) is 5.69 Å². The number of halogens is 1. The first kappa shape index (κ1) is 15.5. The molecule has 2 heterocycles. The molecule has 0 saturated carbocycles. The summed E-state index contributed by atoms with van der Waals surface area (Å²) in [5.74, 6) is -1.45. The van der Waals surface area contributed by atoms with E-state index in [1.165, 1.54) is 11.1 Å². The van der Waals surface area contributed by atoms with Crippen molar-refractivity contribution in [1.29, 1.82) is 0 Å². The fourth-order valence-corrected chi connectivity index (χ4v) is 2.51. The van der Waals surface area contributed by atoms with E-state index in [1.807, 2.05) is 0 Å². The Morgan fingerprint density at radius 2 is 2.04 bits per heavy atom. The van der Waals surface area contributed by atoms with E-state index >= 15 is 0 Å². The molecule has 2 aromatic rings. The number of carboxylic acid groups (broad SMARTS) is 1. The predicted octanol–water partition coefficient (Wildman–Crippen LogP) is 1.45. The van der Waals surface area contributed by atoms with Crippen molar-refractivity contribution in [3.05, 3.63) is 47.2 Å². The molecule has 120 valence electrons. The normalized spacial score (nSPS) is 18.0. The van der Waals surface area contributed by atoms with Crippen LogP contribution in [0, 0.1) is 0 Å². The molecule has 1 aliphatic heterocycles. The summed E-state index contributed by atoms with van der Waals surface area (Å²) in [4.78, 5) is 25.1. The van der Waals surface area contributed by atoms with Gasteiger partial charge in [-0.15, -0.1) is 0 Å². The molecule has 1 aromatic heterocycles. The molecule has 1 amide bonds. The quantitative estimate of drug-likeness (QED) is 0.917. The fourth-order valence-electron chi connectivity index (χ4n) is 2.39. The Labute approximate surface area is 137 Å². The number of aliphatic carboxylic acids is 1. The first-order chi connectivity index (χ1) is 11.1. The third kappa shape index (κ3) is 3.20. The molecule has 1 unspecified atom stereocenters. The van der Waals surface area contributed by atoms with Gasteiger partial charge in [0.15, 0.2) is 6.04 Å². The SMILES string of the molecule is O=C(O)C1COCCN1C(=O)c1cnn(-c2ccc(Cl)cc2)c1. The lowest BCUT2D eigenvalue weighted by atomic mass is 10.2. The third-order valence-electron chi connectivity index (χ3n) is 3.60. The number of ether oxygens (including phenoxy) is 1. The molecule has 1 aromatic carbocycles. The molecule has 1 atom stereocenters. The Bertz CT molecular complexity index is 729. The molecule has 8 heteroatoms. The van der Waals surface area contributed by atoms with Crippen LogP contribution in [0.5, 0.6) is 0 Å². The average Bonchev–Trinajstić information content (AvgIpc) is 3.04. The number of morpholine rings is 1. The zero-order valence-corrected chi connectivity index (χ0v) is 12.8. The minimum Gasteiger partial charge on any atom is -0.480 e. The van der Waals surface area contributed by atoms with Crippen LogP contribution in [-0.2, 0) is 9.53 Å². The molecule has 0 spiro atoms. The van der Waals surface area contributed by atoms with E-state index in [4.69, 9.17) is 16.3 Å². The maximum absolute atomic E-state index is 12.5. The summed E-state index contributed by atoms with van der Waals surface area (Å²) in [7, 11) is 0. The van der Waals surface area contributed by atoms with Crippen molar-refractivity contribution >= 4 is 23.5 Å². The second kappa shape index (κ2) is 6.39. The molecule has 23 heavy (non-hydrogen) atoms. The molecule has 0 bridgehead atoms. The van der Waals surface area contributed by atoms with E-state index in [-0.39, 0.29) is 19.1 Å². The number of benzene rings is 1. The minimum atomic E-state index is -1.08. The Kier molecular flexibility index (Phi) is 4.31. The van der Waals surface area contributed by atoms with Crippen molar-refractivity contribution in [3.63, 3.8) is 0 Å². The van der Waals surface area contributed by atoms with Crippen LogP contribution in [0.3, 0.4) is 0 Å². The van der Waals surface area contributed by atoms with E-state index in [1.54, 1.807) is 35.1 Å². The van der Waals surface area contributed by atoms with E-state index < -0.39 is 12.0 Å². The van der Waals surface area contributed by atoms with Crippen molar-refractivity contribution in [1.82, 2.24) is 14.7 Å². The summed E-state index contributed by atoms with van der Waals surface area (Å²) in [6.07, 6.45) is 2.99. The molecule has 1 aliphatic rings. The molecule has 0 radical (unpaired) electrons. The minimum absolute atomic E-state index is 0.00754. The van der Waals surface area contributed by atoms with Crippen LogP contribution in [0.1, 0.15) is 10.4 Å². The summed E-state index contributed by atoms with van der Waals surface area (Å²) >= 11 is 5.84. The maximum atomic E-state index is 12.5. The number of carboxylic acids is 1. The van der Waals surface area contributed by atoms with Gasteiger partial charge in [0, 0.05) is 17.8 Å². The van der Waals surface area contributed by atoms with Crippen LogP contribution >= 0.6 is 11.6 Å². The van der Waals surface area contributed by atoms with Crippen molar-refractivity contribution in [3.8, 4) is 5.69 Å². The number of rotatable bonds is 3. The van der Waals surface area contributed by atoms with Crippen molar-refractivity contribution < 1.29 is 19.4 Å². The van der Waals surface area contributed by atoms with Gasteiger partial charge >= 0.3 is 5.97 Å². The summed E-state index contributed by atoms with van der Waals surface area (Å²) in [5.41, 5.74) is 1.08. The molecule has 3 rings (SSSR count). The standard InChI is InChI=1S/C15H14ClN3O4/c16-11-1-3-12(4-2-11)19-8-10(7-17-19)14(20)18-5-6-23-9-13(18)15(21)22/h1-4,7-8,13H,5-6,9H2,(H,21,22). The van der Waals surface area contributed by atoms with Crippen LogP contribution in [-0.4, -0.2) is 57.5 Å². The monoisotopic (exact) mass is 335 g/mol. The lowest BCUT2D eigenvalue weighted by Crippen LogP contribution is -2.52. The number of hydrogen-bond donors (Lipinski definition) is 1. The van der Waals surface area contributed by atoms with Crippen molar-refractivity contribution in [2.75, 3.05) is 19.8 Å². The second-order valence-electron chi connectivity index (χ2n) is 5.08. The number of aromatic nitrogens is 2. The molecule has 1 N–H and O–H groups in total. The highest BCUT2D eigenvalue weighted by atomic mass is 35.5. The maximum Gasteiger partial charge on any atom is 0.328 e. The molecular formula is C15H14ClN3O4. The topological polar surface area (TPSA) is 84.7 Å². The highest BCUT2D eigenvalue weighted by Crippen LogP contribution is 2.16. The fraction of sp³-hybridized carbons (Fsp3) is 0.267. The van der Waals surface area contributed by atoms with Crippen LogP contribution in [0.2, 0.25) is 5.02 Å². The Hall–Kier alpha value is -2.38. The number of amides is 1. The van der Waals surface area contributed by atoms with Gasteiger partial charge in [0.2, 0.25) is 0 Å². The second-order valence-corrected chi connectivity index (χ2v) is 5.51. The number of carbonyl (C=O) groups is 2. The van der Waals surface area contributed by atoms with Gasteiger partial charge < -0.3 is 14.7 Å². The van der Waals surface area contributed by atoms with Gasteiger partial charge in [0.25, 0.3) is 5.91 Å². The Morgan fingerprint density at radius 1 is 1.30 bits per heavy atom. The lowest BCUT2D eigenvalue weighted by molar-refractivity contribution is -0.147. The summed E-state index contributed by atoms with van der Waals surface area (Å²) < 4.78 is 6.68. The summed E-state index contributed by atoms with van der Waals surface area (Å²) in [6.45, 7) is 0.551. The van der Waals surface area contributed by atoms with Gasteiger partial charge in [-0.3, -0.25) is 4.79 Å². The van der Waals surface area contributed by atoms with Gasteiger partial charge in [-0.25, -0.2) is 9.48 Å². The Balaban J connectivity index is 1.83. The summed E-state index contributed by atoms with van der Waals surface area (Å²) in [6, 6.07) is 6.03. The van der Waals surface area contributed by atoms with Crippen molar-refractivity contribution in [2.45, 2.75) is 6.04 Å². The van der Waals surface area contributed by atoms with Gasteiger partial charge in [0.05, 0.1) is 30.7 Å². The molecular weight excluding hydrogens is 322 g/mol. The number of carbonyl (C=O) groups excluding carboxylic acids is 1. The zero-order chi connectivity index (χ0) is 16.4. The van der Waals surface area contributed by atoms with E-state index in [0.29, 0.717) is 17.2 Å². The Morgan fingerprint density at radius 3 is 2.74 bits per heavy atom. The molecule has 1 saturated heterocycles.